The number of aromatic nitrogens is 1. The average Bonchev–Trinajstić information content (AvgIpc) is 3.55. The molecule has 1 aliphatic carbocycles. The molecular formula is C52H43N. The van der Waals surface area contributed by atoms with Crippen LogP contribution in [-0.4, -0.2) is 4.57 Å². The van der Waals surface area contributed by atoms with Gasteiger partial charge in [0.1, 0.15) is 0 Å². The van der Waals surface area contributed by atoms with Crippen molar-refractivity contribution in [1.82, 2.24) is 4.57 Å². The Bertz CT molecular complexity index is 2690. The van der Waals surface area contributed by atoms with Crippen molar-refractivity contribution in [2.45, 2.75) is 39.0 Å². The Labute approximate surface area is 313 Å². The van der Waals surface area contributed by atoms with Gasteiger partial charge in [-0.3, -0.25) is 0 Å². The molecule has 1 nitrogen and oxygen atoms in total. The molecule has 8 rings (SSSR count). The molecule has 1 heterocycles. The molecular weight excluding hydrogens is 639 g/mol. The van der Waals surface area contributed by atoms with E-state index >= 15 is 0 Å². The minimum atomic E-state index is 0.742. The van der Waals surface area contributed by atoms with Crippen molar-refractivity contribution in [1.29, 1.82) is 0 Å². The smallest absolute Gasteiger partial charge is 0.0541 e. The number of unbranched alkanes of at least 4 members (excludes halogenated alkanes) is 1. The third kappa shape index (κ3) is 6.73. The van der Waals surface area contributed by atoms with Crippen LogP contribution in [0.15, 0.2) is 182 Å². The van der Waals surface area contributed by atoms with Crippen LogP contribution in [0.4, 0.5) is 0 Å². The predicted octanol–water partition coefficient (Wildman–Crippen LogP) is 12.1. The zero-order valence-corrected chi connectivity index (χ0v) is 30.3. The summed E-state index contributed by atoms with van der Waals surface area (Å²) < 4.78 is 2.45. The third-order valence-electron chi connectivity index (χ3n) is 10.4. The van der Waals surface area contributed by atoms with Gasteiger partial charge in [-0.05, 0) is 105 Å². The van der Waals surface area contributed by atoms with Crippen LogP contribution in [0.1, 0.15) is 44.6 Å². The number of fused-ring (bicyclic) bond motifs is 4. The number of terminal acetylenes is 1. The van der Waals surface area contributed by atoms with Crippen LogP contribution in [0.5, 0.6) is 0 Å². The van der Waals surface area contributed by atoms with E-state index in [4.69, 9.17) is 6.42 Å². The van der Waals surface area contributed by atoms with E-state index in [2.05, 4.69) is 193 Å². The van der Waals surface area contributed by atoms with Gasteiger partial charge in [-0.1, -0.05) is 159 Å². The fourth-order valence-corrected chi connectivity index (χ4v) is 8.00. The highest BCUT2D eigenvalue weighted by Crippen LogP contribution is 2.38. The van der Waals surface area contributed by atoms with Crippen molar-refractivity contribution >= 4 is 38.6 Å². The molecule has 53 heavy (non-hydrogen) atoms. The Hall–Kier alpha value is -6.36. The number of benzene rings is 6. The molecule has 0 spiro atoms. The van der Waals surface area contributed by atoms with E-state index in [0.29, 0.717) is 0 Å². The van der Waals surface area contributed by atoms with E-state index in [1.807, 2.05) is 0 Å². The highest BCUT2D eigenvalue weighted by molar-refractivity contribution is 6.12. The zero-order valence-electron chi connectivity index (χ0n) is 30.3. The fraction of sp³-hybridized carbons (Fsp3) is 0.115. The number of hydrogen-bond donors (Lipinski definition) is 0. The first-order valence-electron chi connectivity index (χ1n) is 18.8. The number of hydrogen-bond acceptors (Lipinski definition) is 0. The SMILES string of the molecule is C#CCC/C=C1\CC(c2ccccc2)=c2ccccc2=C1C/C=C\C(=C/CC)n1c2ccccc2c2cc(-c3ccccc3-c3ccccc3)ccc21. The quantitative estimate of drug-likeness (QED) is 0.0769. The van der Waals surface area contributed by atoms with Crippen LogP contribution in [-0.2, 0) is 0 Å². The molecule has 0 atom stereocenters. The Morgan fingerprint density at radius 1 is 0.660 bits per heavy atom. The lowest BCUT2D eigenvalue weighted by molar-refractivity contribution is 1.05. The molecule has 256 valence electrons. The normalized spacial score (nSPS) is 14.0. The second kappa shape index (κ2) is 15.5. The van der Waals surface area contributed by atoms with Crippen molar-refractivity contribution < 1.29 is 0 Å². The standard InChI is InChI=1S/C52H43N/c1-3-5-8-25-40-36-49(39-23-11-7-12-24-39)47-30-16-15-29-46(47)45(40)32-19-26-42(20-4-2)53-51-33-18-17-31-48(51)50-37-41(34-35-52(50)53)44-28-14-13-27-43(44)38-21-9-6-10-22-38/h1,6-7,9-31,33-35,37H,4-5,8,32,36H2,2H3/b26-19-,40-25+,42-20+. The molecule has 0 radical (unpaired) electrons. The molecule has 1 aliphatic rings. The minimum absolute atomic E-state index is 0.742. The second-order valence-corrected chi connectivity index (χ2v) is 13.7. The van der Waals surface area contributed by atoms with Gasteiger partial charge in [0.2, 0.25) is 0 Å². The molecule has 0 amide bonds. The van der Waals surface area contributed by atoms with Gasteiger partial charge in [-0.2, -0.15) is 0 Å². The Morgan fingerprint density at radius 2 is 1.30 bits per heavy atom. The molecule has 0 fully saturated rings. The molecule has 0 unspecified atom stereocenters. The summed E-state index contributed by atoms with van der Waals surface area (Å²) >= 11 is 0. The van der Waals surface area contributed by atoms with Crippen molar-refractivity contribution in [3.05, 3.63) is 198 Å². The predicted molar refractivity (Wildman–Crippen MR) is 227 cm³/mol. The lowest BCUT2D eigenvalue weighted by Crippen LogP contribution is -2.33. The lowest BCUT2D eigenvalue weighted by Gasteiger charge is -2.20. The first-order valence-corrected chi connectivity index (χ1v) is 18.8. The maximum atomic E-state index is 5.70. The number of allylic oxidation sites excluding steroid dienone is 6. The van der Waals surface area contributed by atoms with Crippen molar-refractivity contribution in [2.75, 3.05) is 0 Å². The number of para-hydroxylation sites is 1. The average molecular weight is 682 g/mol. The molecule has 0 aliphatic heterocycles. The topological polar surface area (TPSA) is 4.93 Å². The summed E-state index contributed by atoms with van der Waals surface area (Å²) in [5.41, 5.74) is 14.0. The summed E-state index contributed by atoms with van der Waals surface area (Å²) in [6.07, 6.45) is 19.4. The van der Waals surface area contributed by atoms with Gasteiger partial charge in [0, 0.05) is 22.9 Å². The van der Waals surface area contributed by atoms with E-state index in [1.165, 1.54) is 82.5 Å². The van der Waals surface area contributed by atoms with E-state index in [-0.39, 0.29) is 0 Å². The van der Waals surface area contributed by atoms with Gasteiger partial charge in [-0.15, -0.1) is 12.3 Å². The van der Waals surface area contributed by atoms with E-state index in [1.54, 1.807) is 0 Å². The highest BCUT2D eigenvalue weighted by Gasteiger charge is 2.18. The summed E-state index contributed by atoms with van der Waals surface area (Å²) in [7, 11) is 0. The molecule has 0 saturated heterocycles. The zero-order chi connectivity index (χ0) is 36.0. The summed E-state index contributed by atoms with van der Waals surface area (Å²) in [4.78, 5) is 0. The van der Waals surface area contributed by atoms with Crippen molar-refractivity contribution in [3.8, 4) is 34.6 Å². The van der Waals surface area contributed by atoms with Gasteiger partial charge in [-0.25, -0.2) is 0 Å². The molecule has 1 heteroatoms. The van der Waals surface area contributed by atoms with Gasteiger partial charge < -0.3 is 4.57 Å². The monoisotopic (exact) mass is 681 g/mol. The fourth-order valence-electron chi connectivity index (χ4n) is 8.00. The first-order chi connectivity index (χ1) is 26.2. The van der Waals surface area contributed by atoms with Crippen LogP contribution in [0, 0.1) is 12.3 Å². The molecule has 1 aromatic heterocycles. The largest absolute Gasteiger partial charge is 0.310 e. The lowest BCUT2D eigenvalue weighted by atomic mass is 9.84. The molecule has 0 saturated carbocycles. The van der Waals surface area contributed by atoms with Crippen LogP contribution >= 0.6 is 0 Å². The maximum absolute atomic E-state index is 5.70. The molecule has 6 aromatic carbocycles. The van der Waals surface area contributed by atoms with Crippen molar-refractivity contribution in [2.24, 2.45) is 0 Å². The Balaban J connectivity index is 1.22. The maximum Gasteiger partial charge on any atom is 0.0541 e. The Morgan fingerprint density at radius 3 is 2.06 bits per heavy atom. The van der Waals surface area contributed by atoms with Crippen LogP contribution in [0.25, 0.3) is 60.9 Å². The van der Waals surface area contributed by atoms with Gasteiger partial charge >= 0.3 is 0 Å². The minimum Gasteiger partial charge on any atom is -0.310 e. The molecule has 0 bridgehead atoms. The highest BCUT2D eigenvalue weighted by atomic mass is 15.0. The number of rotatable bonds is 10. The van der Waals surface area contributed by atoms with E-state index in [0.717, 1.165) is 32.1 Å². The van der Waals surface area contributed by atoms with Crippen LogP contribution in [0.3, 0.4) is 0 Å². The summed E-state index contributed by atoms with van der Waals surface area (Å²) in [6, 6.07) is 55.0. The Kier molecular flexibility index (Phi) is 9.86. The number of nitrogens with zero attached hydrogens (tertiary/aromatic N) is 1. The second-order valence-electron chi connectivity index (χ2n) is 13.7. The van der Waals surface area contributed by atoms with Crippen molar-refractivity contribution in [3.63, 3.8) is 0 Å². The third-order valence-corrected chi connectivity index (χ3v) is 10.4. The summed E-state index contributed by atoms with van der Waals surface area (Å²) in [5, 5.41) is 5.16. The summed E-state index contributed by atoms with van der Waals surface area (Å²) in [6.45, 7) is 2.22. The summed E-state index contributed by atoms with van der Waals surface area (Å²) in [5.74, 6) is 2.84. The molecule has 0 N–H and O–H groups in total. The van der Waals surface area contributed by atoms with E-state index in [9.17, 15) is 0 Å². The van der Waals surface area contributed by atoms with Crippen LogP contribution < -0.4 is 10.4 Å². The van der Waals surface area contributed by atoms with E-state index < -0.39 is 0 Å². The first kappa shape index (κ1) is 33.8. The van der Waals surface area contributed by atoms with Gasteiger partial charge in [0.25, 0.3) is 0 Å². The van der Waals surface area contributed by atoms with Crippen LogP contribution in [0.2, 0.25) is 0 Å². The van der Waals surface area contributed by atoms with Gasteiger partial charge in [0.05, 0.1) is 11.0 Å². The molecule has 7 aromatic rings. The van der Waals surface area contributed by atoms with Gasteiger partial charge in [0.15, 0.2) is 0 Å².